The third-order valence-corrected chi connectivity index (χ3v) is 4.85. The van der Waals surface area contributed by atoms with Crippen LogP contribution in [0, 0.1) is 6.92 Å². The number of methoxy groups -OCH3 is 1. The normalized spacial score (nSPS) is 10.4. The van der Waals surface area contributed by atoms with Crippen LogP contribution in [0.5, 0.6) is 0 Å². The molecule has 0 heterocycles. The van der Waals surface area contributed by atoms with Gasteiger partial charge in [-0.1, -0.05) is 54.1 Å². The Balaban J connectivity index is 1.54. The Morgan fingerprint density at radius 3 is 2.21 bits per heavy atom. The number of rotatable bonds is 9. The summed E-state index contributed by atoms with van der Waals surface area (Å²) in [4.78, 5) is 37.2. The van der Waals surface area contributed by atoms with Crippen molar-refractivity contribution in [1.29, 1.82) is 0 Å². The largest absolute Gasteiger partial charge is 0.452 e. The maximum Gasteiger partial charge on any atom is 0.338 e. The van der Waals surface area contributed by atoms with Gasteiger partial charge in [0.15, 0.2) is 6.61 Å². The summed E-state index contributed by atoms with van der Waals surface area (Å²) < 4.78 is 10.1. The number of amides is 2. The van der Waals surface area contributed by atoms with Gasteiger partial charge in [0.25, 0.3) is 11.8 Å². The van der Waals surface area contributed by atoms with Crippen LogP contribution >= 0.6 is 0 Å². The highest BCUT2D eigenvalue weighted by molar-refractivity contribution is 6.04. The Hall–Kier alpha value is -3.97. The molecule has 0 bridgehead atoms. The Labute approximate surface area is 192 Å². The van der Waals surface area contributed by atoms with Crippen molar-refractivity contribution >= 4 is 23.5 Å². The lowest BCUT2D eigenvalue weighted by Gasteiger charge is -2.12. The van der Waals surface area contributed by atoms with E-state index in [1.807, 2.05) is 31.2 Å². The molecule has 0 aliphatic carbocycles. The second kappa shape index (κ2) is 11.6. The number of ether oxygens (including phenoxy) is 2. The van der Waals surface area contributed by atoms with Crippen molar-refractivity contribution in [3.8, 4) is 0 Å². The fourth-order valence-corrected chi connectivity index (χ4v) is 3.08. The molecule has 0 saturated carbocycles. The second-order valence-corrected chi connectivity index (χ2v) is 7.47. The predicted molar refractivity (Wildman–Crippen MR) is 125 cm³/mol. The lowest BCUT2D eigenvalue weighted by atomic mass is 10.1. The van der Waals surface area contributed by atoms with E-state index in [0.29, 0.717) is 30.0 Å². The van der Waals surface area contributed by atoms with Gasteiger partial charge in [0, 0.05) is 13.7 Å². The van der Waals surface area contributed by atoms with Crippen molar-refractivity contribution < 1.29 is 23.9 Å². The predicted octanol–water partition coefficient (Wildman–Crippen LogP) is 3.87. The zero-order valence-electron chi connectivity index (χ0n) is 18.6. The summed E-state index contributed by atoms with van der Waals surface area (Å²) in [5.41, 5.74) is 4.02. The van der Waals surface area contributed by atoms with E-state index in [9.17, 15) is 14.4 Å². The highest BCUT2D eigenvalue weighted by Gasteiger charge is 2.15. The Bertz CT molecular complexity index is 1110. The SMILES string of the molecule is COCc1ccc(C(=O)OCC(=O)Nc2ccccc2C(=O)NCc2ccc(C)cc2)cc1. The van der Waals surface area contributed by atoms with E-state index in [1.165, 1.54) is 0 Å². The molecule has 7 heteroatoms. The average molecular weight is 447 g/mol. The van der Waals surface area contributed by atoms with Crippen LogP contribution in [0.2, 0.25) is 0 Å². The summed E-state index contributed by atoms with van der Waals surface area (Å²) >= 11 is 0. The molecule has 2 amide bonds. The van der Waals surface area contributed by atoms with Crippen molar-refractivity contribution in [2.45, 2.75) is 20.1 Å². The number of para-hydroxylation sites is 1. The monoisotopic (exact) mass is 446 g/mol. The number of hydrogen-bond donors (Lipinski definition) is 2. The molecule has 0 aliphatic rings. The number of aryl methyl sites for hydroxylation is 1. The fourth-order valence-electron chi connectivity index (χ4n) is 3.08. The maximum atomic E-state index is 12.7. The maximum absolute atomic E-state index is 12.7. The molecule has 170 valence electrons. The quantitative estimate of drug-likeness (QED) is 0.487. The molecule has 3 aromatic rings. The molecule has 3 rings (SSSR count). The van der Waals surface area contributed by atoms with Crippen LogP contribution in [0.1, 0.15) is 37.4 Å². The number of carbonyl (C=O) groups is 3. The third-order valence-electron chi connectivity index (χ3n) is 4.85. The summed E-state index contributed by atoms with van der Waals surface area (Å²) in [7, 11) is 1.59. The average Bonchev–Trinajstić information content (AvgIpc) is 2.83. The fraction of sp³-hybridized carbons (Fsp3) is 0.192. The van der Waals surface area contributed by atoms with Crippen molar-refractivity contribution in [1.82, 2.24) is 5.32 Å². The third kappa shape index (κ3) is 7.02. The highest BCUT2D eigenvalue weighted by Crippen LogP contribution is 2.15. The molecule has 0 unspecified atom stereocenters. The van der Waals surface area contributed by atoms with Crippen molar-refractivity contribution in [3.05, 3.63) is 101 Å². The van der Waals surface area contributed by atoms with Gasteiger partial charge >= 0.3 is 5.97 Å². The molecule has 33 heavy (non-hydrogen) atoms. The first-order chi connectivity index (χ1) is 16.0. The molecular weight excluding hydrogens is 420 g/mol. The number of carbonyl (C=O) groups excluding carboxylic acids is 3. The molecule has 0 saturated heterocycles. The zero-order chi connectivity index (χ0) is 23.6. The van der Waals surface area contributed by atoms with E-state index in [0.717, 1.165) is 16.7 Å². The summed E-state index contributed by atoms with van der Waals surface area (Å²) in [5.74, 6) is -1.48. The van der Waals surface area contributed by atoms with Crippen molar-refractivity contribution in [3.63, 3.8) is 0 Å². The molecule has 0 aliphatic heterocycles. The zero-order valence-corrected chi connectivity index (χ0v) is 18.6. The van der Waals surface area contributed by atoms with Gasteiger partial charge in [-0.15, -0.1) is 0 Å². The lowest BCUT2D eigenvalue weighted by molar-refractivity contribution is -0.119. The highest BCUT2D eigenvalue weighted by atomic mass is 16.5. The summed E-state index contributed by atoms with van der Waals surface area (Å²) in [6, 6.07) is 21.2. The van der Waals surface area contributed by atoms with Crippen LogP contribution in [0.25, 0.3) is 0 Å². The van der Waals surface area contributed by atoms with Gasteiger partial charge in [-0.05, 0) is 42.3 Å². The number of esters is 1. The molecule has 2 N–H and O–H groups in total. The van der Waals surface area contributed by atoms with Gasteiger partial charge in [0.2, 0.25) is 0 Å². The van der Waals surface area contributed by atoms with Gasteiger partial charge < -0.3 is 20.1 Å². The molecule has 0 spiro atoms. The molecule has 3 aromatic carbocycles. The number of anilines is 1. The minimum Gasteiger partial charge on any atom is -0.452 e. The molecule has 0 atom stereocenters. The van der Waals surface area contributed by atoms with E-state index in [2.05, 4.69) is 10.6 Å². The minimum atomic E-state index is -0.613. The van der Waals surface area contributed by atoms with Crippen LogP contribution in [0.3, 0.4) is 0 Å². The van der Waals surface area contributed by atoms with Crippen LogP contribution in [-0.4, -0.2) is 31.5 Å². The first-order valence-electron chi connectivity index (χ1n) is 10.4. The first-order valence-corrected chi connectivity index (χ1v) is 10.4. The molecule has 0 radical (unpaired) electrons. The standard InChI is InChI=1S/C26H26N2O5/c1-18-7-9-19(10-8-18)15-27-25(30)22-5-3-4-6-23(22)28-24(29)17-33-26(31)21-13-11-20(12-14-21)16-32-2/h3-14H,15-17H2,1-2H3,(H,27,30)(H,28,29). The van der Waals surface area contributed by atoms with E-state index in [-0.39, 0.29) is 5.91 Å². The summed E-state index contributed by atoms with van der Waals surface area (Å²) in [6.45, 7) is 2.33. The van der Waals surface area contributed by atoms with Crippen LogP contribution in [0.15, 0.2) is 72.8 Å². The molecule has 0 fully saturated rings. The van der Waals surface area contributed by atoms with Crippen LogP contribution in [0.4, 0.5) is 5.69 Å². The van der Waals surface area contributed by atoms with Crippen LogP contribution in [-0.2, 0) is 27.4 Å². The van der Waals surface area contributed by atoms with Crippen LogP contribution < -0.4 is 10.6 Å². The topological polar surface area (TPSA) is 93.7 Å². The van der Waals surface area contributed by atoms with E-state index in [1.54, 1.807) is 55.6 Å². The molecular formula is C26H26N2O5. The minimum absolute atomic E-state index is 0.318. The molecule has 7 nitrogen and oxygen atoms in total. The van der Waals surface area contributed by atoms with Crippen molar-refractivity contribution in [2.24, 2.45) is 0 Å². The Kier molecular flexibility index (Phi) is 8.32. The van der Waals surface area contributed by atoms with E-state index >= 15 is 0 Å². The van der Waals surface area contributed by atoms with Gasteiger partial charge in [-0.25, -0.2) is 4.79 Å². The van der Waals surface area contributed by atoms with E-state index in [4.69, 9.17) is 9.47 Å². The van der Waals surface area contributed by atoms with Gasteiger partial charge in [0.05, 0.1) is 23.4 Å². The Morgan fingerprint density at radius 1 is 0.848 bits per heavy atom. The van der Waals surface area contributed by atoms with Gasteiger partial charge in [-0.2, -0.15) is 0 Å². The summed E-state index contributed by atoms with van der Waals surface area (Å²) in [6.07, 6.45) is 0. The number of benzene rings is 3. The molecule has 0 aromatic heterocycles. The Morgan fingerprint density at radius 2 is 1.52 bits per heavy atom. The smallest absolute Gasteiger partial charge is 0.338 e. The van der Waals surface area contributed by atoms with E-state index < -0.39 is 18.5 Å². The second-order valence-electron chi connectivity index (χ2n) is 7.47. The van der Waals surface area contributed by atoms with Gasteiger partial charge in [-0.3, -0.25) is 9.59 Å². The summed E-state index contributed by atoms with van der Waals surface area (Å²) in [5, 5.41) is 5.49. The first kappa shape index (κ1) is 23.7. The number of hydrogen-bond acceptors (Lipinski definition) is 5. The lowest BCUT2D eigenvalue weighted by Crippen LogP contribution is -2.26. The van der Waals surface area contributed by atoms with Crippen molar-refractivity contribution in [2.75, 3.05) is 19.0 Å². The number of nitrogens with one attached hydrogen (secondary N) is 2. The van der Waals surface area contributed by atoms with Gasteiger partial charge in [0.1, 0.15) is 0 Å².